The summed E-state index contributed by atoms with van der Waals surface area (Å²) in [7, 11) is 0. The summed E-state index contributed by atoms with van der Waals surface area (Å²) in [5.74, 6) is 0.520. The van der Waals surface area contributed by atoms with Crippen molar-refractivity contribution in [3.63, 3.8) is 0 Å². The average molecular weight is 439 g/mol. The van der Waals surface area contributed by atoms with E-state index in [0.717, 1.165) is 23.3 Å². The third-order valence-electron chi connectivity index (χ3n) is 5.42. The van der Waals surface area contributed by atoms with Crippen LogP contribution in [0.4, 0.5) is 4.39 Å². The Balaban J connectivity index is 1.32. The normalized spacial score (nSPS) is 14.5. The summed E-state index contributed by atoms with van der Waals surface area (Å²) in [6.45, 7) is 1.89. The Bertz CT molecular complexity index is 1080. The maximum absolute atomic E-state index is 13.2. The summed E-state index contributed by atoms with van der Waals surface area (Å²) in [6.07, 6.45) is 5.11. The van der Waals surface area contributed by atoms with Crippen molar-refractivity contribution in [2.24, 2.45) is 5.92 Å². The molecule has 0 aliphatic carbocycles. The lowest BCUT2D eigenvalue weighted by atomic mass is 9.97. The van der Waals surface area contributed by atoms with Crippen molar-refractivity contribution in [2.45, 2.75) is 24.3 Å². The molecular weight excluding hydrogens is 415 g/mol. The van der Waals surface area contributed by atoms with E-state index < -0.39 is 0 Å². The van der Waals surface area contributed by atoms with Gasteiger partial charge in [-0.3, -0.25) is 14.6 Å². The molecule has 0 unspecified atom stereocenters. The summed E-state index contributed by atoms with van der Waals surface area (Å²) in [5.41, 5.74) is 1.25. The van der Waals surface area contributed by atoms with Gasteiger partial charge in [0.15, 0.2) is 0 Å². The molecule has 0 bridgehead atoms. The van der Waals surface area contributed by atoms with Gasteiger partial charge < -0.3 is 4.90 Å². The molecule has 0 atom stereocenters. The van der Waals surface area contributed by atoms with E-state index in [0.29, 0.717) is 31.1 Å². The Morgan fingerprint density at radius 1 is 1.03 bits per heavy atom. The predicted molar refractivity (Wildman–Crippen MR) is 118 cm³/mol. The summed E-state index contributed by atoms with van der Waals surface area (Å²) in [4.78, 5) is 31.7. The highest BCUT2D eigenvalue weighted by atomic mass is 32.2. The fourth-order valence-corrected chi connectivity index (χ4v) is 4.42. The number of amides is 1. The number of hydrogen-bond acceptors (Lipinski definition) is 5. The molecule has 1 fully saturated rings. The van der Waals surface area contributed by atoms with Gasteiger partial charge in [-0.25, -0.2) is 9.07 Å². The highest BCUT2D eigenvalue weighted by Gasteiger charge is 2.23. The largest absolute Gasteiger partial charge is 0.342 e. The summed E-state index contributed by atoms with van der Waals surface area (Å²) in [6, 6.07) is 13.0. The summed E-state index contributed by atoms with van der Waals surface area (Å²) >= 11 is 1.52. The number of piperidine rings is 1. The minimum atomic E-state index is -0.308. The quantitative estimate of drug-likeness (QED) is 0.551. The van der Waals surface area contributed by atoms with Crippen LogP contribution in [0.15, 0.2) is 70.6 Å². The molecule has 31 heavy (non-hydrogen) atoms. The average Bonchev–Trinajstić information content (AvgIpc) is 2.81. The van der Waals surface area contributed by atoms with Crippen LogP contribution in [-0.4, -0.2) is 44.4 Å². The molecule has 0 N–H and O–H groups in total. The van der Waals surface area contributed by atoms with Gasteiger partial charge in [-0.05, 0) is 61.2 Å². The van der Waals surface area contributed by atoms with Crippen LogP contribution in [0.3, 0.4) is 0 Å². The second-order valence-corrected chi connectivity index (χ2v) is 8.59. The van der Waals surface area contributed by atoms with Crippen molar-refractivity contribution < 1.29 is 9.18 Å². The number of nitrogens with zero attached hydrogens (tertiary/aromatic N) is 4. The number of carbonyl (C=O) groups excluding carboxylic acids is 1. The van der Waals surface area contributed by atoms with E-state index in [1.54, 1.807) is 30.6 Å². The minimum absolute atomic E-state index is 0.133. The standard InChI is InChI=1S/C23H23FN4O2S/c24-19-3-1-18(2-4-19)21-5-6-22(29)28(26-21)15-17-9-13-27(14-10-17)23(30)16-31-20-7-11-25-12-8-20/h1-8,11-12,17H,9-10,13-16H2. The minimum Gasteiger partial charge on any atom is -0.342 e. The molecule has 0 spiro atoms. The first kappa shape index (κ1) is 21.2. The van der Waals surface area contributed by atoms with E-state index in [-0.39, 0.29) is 23.2 Å². The first-order valence-corrected chi connectivity index (χ1v) is 11.2. The maximum atomic E-state index is 13.2. The highest BCUT2D eigenvalue weighted by molar-refractivity contribution is 8.00. The van der Waals surface area contributed by atoms with Crippen LogP contribution < -0.4 is 5.56 Å². The van der Waals surface area contributed by atoms with Crippen LogP contribution in [-0.2, 0) is 11.3 Å². The van der Waals surface area contributed by atoms with E-state index >= 15 is 0 Å². The van der Waals surface area contributed by atoms with Crippen molar-refractivity contribution in [1.82, 2.24) is 19.7 Å². The van der Waals surface area contributed by atoms with Crippen molar-refractivity contribution >= 4 is 17.7 Å². The van der Waals surface area contributed by atoms with Crippen LogP contribution in [0.5, 0.6) is 0 Å². The fourth-order valence-electron chi connectivity index (χ4n) is 3.63. The van der Waals surface area contributed by atoms with Gasteiger partial charge >= 0.3 is 0 Å². The number of thioether (sulfide) groups is 1. The Hall–Kier alpha value is -3.00. The molecule has 6 nitrogen and oxygen atoms in total. The third-order valence-corrected chi connectivity index (χ3v) is 6.41. The first-order chi connectivity index (χ1) is 15.1. The monoisotopic (exact) mass is 438 g/mol. The van der Waals surface area contributed by atoms with E-state index in [2.05, 4.69) is 10.1 Å². The molecule has 1 amide bonds. The number of benzene rings is 1. The van der Waals surface area contributed by atoms with Crippen LogP contribution in [0.25, 0.3) is 11.3 Å². The molecule has 0 saturated carbocycles. The van der Waals surface area contributed by atoms with Gasteiger partial charge in [0.1, 0.15) is 5.82 Å². The van der Waals surface area contributed by atoms with Crippen LogP contribution in [0, 0.1) is 11.7 Å². The molecule has 1 saturated heterocycles. The van der Waals surface area contributed by atoms with Crippen LogP contribution in [0.1, 0.15) is 12.8 Å². The Morgan fingerprint density at radius 2 is 1.74 bits per heavy atom. The van der Waals surface area contributed by atoms with Gasteiger partial charge in [-0.15, -0.1) is 11.8 Å². The SMILES string of the molecule is O=C(CSc1ccncc1)N1CCC(Cn2nc(-c3ccc(F)cc3)ccc2=O)CC1. The fraction of sp³-hybridized carbons (Fsp3) is 0.304. The van der Waals surface area contributed by atoms with Crippen molar-refractivity contribution in [1.29, 1.82) is 0 Å². The number of carbonyl (C=O) groups is 1. The zero-order chi connectivity index (χ0) is 21.6. The van der Waals surface area contributed by atoms with E-state index in [1.165, 1.54) is 34.6 Å². The zero-order valence-corrected chi connectivity index (χ0v) is 17.8. The lowest BCUT2D eigenvalue weighted by Gasteiger charge is -2.32. The maximum Gasteiger partial charge on any atom is 0.266 e. The molecular formula is C23H23FN4O2S. The molecule has 3 aromatic rings. The predicted octanol–water partition coefficient (Wildman–Crippen LogP) is 3.48. The molecule has 3 heterocycles. The Morgan fingerprint density at radius 3 is 2.45 bits per heavy atom. The molecule has 8 heteroatoms. The van der Waals surface area contributed by atoms with E-state index in [9.17, 15) is 14.0 Å². The van der Waals surface area contributed by atoms with Gasteiger partial charge in [0.25, 0.3) is 5.56 Å². The highest BCUT2D eigenvalue weighted by Crippen LogP contribution is 2.22. The molecule has 1 aromatic carbocycles. The number of hydrogen-bond donors (Lipinski definition) is 0. The zero-order valence-electron chi connectivity index (χ0n) is 17.0. The van der Waals surface area contributed by atoms with Crippen LogP contribution in [0.2, 0.25) is 0 Å². The number of rotatable bonds is 6. The van der Waals surface area contributed by atoms with E-state index in [4.69, 9.17) is 0 Å². The van der Waals surface area contributed by atoms with Crippen molar-refractivity contribution in [3.05, 3.63) is 77.1 Å². The smallest absolute Gasteiger partial charge is 0.266 e. The molecule has 1 aliphatic rings. The molecule has 4 rings (SSSR count). The van der Waals surface area contributed by atoms with Crippen molar-refractivity contribution in [2.75, 3.05) is 18.8 Å². The van der Waals surface area contributed by atoms with Gasteiger partial charge in [-0.2, -0.15) is 5.10 Å². The number of likely N-dealkylation sites (tertiary alicyclic amines) is 1. The Labute approximate surface area is 184 Å². The first-order valence-electron chi connectivity index (χ1n) is 10.2. The van der Waals surface area contributed by atoms with Gasteiger partial charge in [0, 0.05) is 48.6 Å². The topological polar surface area (TPSA) is 68.1 Å². The van der Waals surface area contributed by atoms with Crippen molar-refractivity contribution in [3.8, 4) is 11.3 Å². The number of halogens is 1. The van der Waals surface area contributed by atoms with E-state index in [1.807, 2.05) is 17.0 Å². The van der Waals surface area contributed by atoms with Gasteiger partial charge in [0.2, 0.25) is 5.91 Å². The summed E-state index contributed by atoms with van der Waals surface area (Å²) in [5, 5.41) is 4.48. The number of pyridine rings is 1. The number of aromatic nitrogens is 3. The second kappa shape index (κ2) is 9.87. The second-order valence-electron chi connectivity index (χ2n) is 7.54. The summed E-state index contributed by atoms with van der Waals surface area (Å²) < 4.78 is 14.7. The van der Waals surface area contributed by atoms with Crippen LogP contribution >= 0.6 is 11.8 Å². The molecule has 0 radical (unpaired) electrons. The lowest BCUT2D eigenvalue weighted by molar-refractivity contribution is -0.129. The Kier molecular flexibility index (Phi) is 6.76. The third kappa shape index (κ3) is 5.58. The lowest BCUT2D eigenvalue weighted by Crippen LogP contribution is -2.41. The molecule has 160 valence electrons. The van der Waals surface area contributed by atoms with Gasteiger partial charge in [-0.1, -0.05) is 0 Å². The molecule has 2 aromatic heterocycles. The molecule has 1 aliphatic heterocycles. The van der Waals surface area contributed by atoms with Gasteiger partial charge in [0.05, 0.1) is 11.4 Å².